The van der Waals surface area contributed by atoms with Crippen LogP contribution in [0.5, 0.6) is 5.75 Å². The Morgan fingerprint density at radius 1 is 1.22 bits per heavy atom. The lowest BCUT2D eigenvalue weighted by Gasteiger charge is -2.24. The highest BCUT2D eigenvalue weighted by Gasteiger charge is 2.36. The van der Waals surface area contributed by atoms with Crippen LogP contribution in [0.25, 0.3) is 10.9 Å². The highest BCUT2D eigenvalue weighted by atomic mass is 16.5. The number of ether oxygens (including phenoxy) is 1. The number of hydrogen-bond acceptors (Lipinski definition) is 5. The van der Waals surface area contributed by atoms with Gasteiger partial charge in [-0.1, -0.05) is 12.1 Å². The second kappa shape index (κ2) is 4.78. The second-order valence-electron chi connectivity index (χ2n) is 5.18. The number of pyridine rings is 1. The molecular weight excluding hydrogens is 294 g/mol. The third-order valence-corrected chi connectivity index (χ3v) is 3.91. The number of nitriles is 1. The van der Waals surface area contributed by atoms with E-state index in [9.17, 15) is 10.1 Å². The van der Waals surface area contributed by atoms with Gasteiger partial charge in [0.15, 0.2) is 0 Å². The Labute approximate surface area is 130 Å². The summed E-state index contributed by atoms with van der Waals surface area (Å²) in [6.07, 6.45) is 1.49. The predicted octanol–water partition coefficient (Wildman–Crippen LogP) is 2.34. The predicted molar refractivity (Wildman–Crippen MR) is 82.6 cm³/mol. The van der Waals surface area contributed by atoms with Gasteiger partial charge in [0.1, 0.15) is 23.2 Å². The lowest BCUT2D eigenvalue weighted by atomic mass is 9.87. The van der Waals surface area contributed by atoms with E-state index < -0.39 is 5.92 Å². The second-order valence-corrected chi connectivity index (χ2v) is 5.18. The number of rotatable bonds is 1. The van der Waals surface area contributed by atoms with Crippen LogP contribution in [-0.2, 0) is 0 Å². The Balaban J connectivity index is 2.11. The van der Waals surface area contributed by atoms with Gasteiger partial charge in [-0.2, -0.15) is 5.26 Å². The molecule has 0 radical (unpaired) electrons. The molecule has 0 spiro atoms. The van der Waals surface area contributed by atoms with Crippen LogP contribution >= 0.6 is 0 Å². The van der Waals surface area contributed by atoms with Crippen molar-refractivity contribution in [2.24, 2.45) is 5.73 Å². The van der Waals surface area contributed by atoms with Gasteiger partial charge in [-0.05, 0) is 24.3 Å². The van der Waals surface area contributed by atoms with Crippen LogP contribution in [0.4, 0.5) is 0 Å². The summed E-state index contributed by atoms with van der Waals surface area (Å²) in [4.78, 5) is 15.4. The first kappa shape index (κ1) is 13.2. The van der Waals surface area contributed by atoms with E-state index in [0.717, 1.165) is 5.39 Å². The number of allylic oxidation sites excluding steroid dienone is 1. The van der Waals surface area contributed by atoms with E-state index in [4.69, 9.17) is 14.9 Å². The maximum atomic E-state index is 12.6. The van der Waals surface area contributed by atoms with Crippen LogP contribution < -0.4 is 16.0 Å². The van der Waals surface area contributed by atoms with Gasteiger partial charge in [0.05, 0.1) is 23.3 Å². The number of para-hydroxylation sites is 1. The summed E-state index contributed by atoms with van der Waals surface area (Å²) >= 11 is 0. The van der Waals surface area contributed by atoms with Crippen molar-refractivity contribution in [2.45, 2.75) is 5.92 Å². The molecule has 0 aliphatic carbocycles. The maximum Gasteiger partial charge on any atom is 0.256 e. The summed E-state index contributed by atoms with van der Waals surface area (Å²) in [7, 11) is 0. The molecule has 2 aromatic heterocycles. The molecule has 6 heteroatoms. The molecule has 1 aliphatic rings. The van der Waals surface area contributed by atoms with Gasteiger partial charge < -0.3 is 19.9 Å². The van der Waals surface area contributed by atoms with Crippen LogP contribution in [0.2, 0.25) is 0 Å². The third kappa shape index (κ3) is 1.84. The zero-order valence-electron chi connectivity index (χ0n) is 11.9. The van der Waals surface area contributed by atoms with Gasteiger partial charge in [0.25, 0.3) is 5.56 Å². The van der Waals surface area contributed by atoms with Gasteiger partial charge >= 0.3 is 0 Å². The van der Waals surface area contributed by atoms with Crippen LogP contribution in [0, 0.1) is 11.3 Å². The monoisotopic (exact) mass is 305 g/mol. The first-order chi connectivity index (χ1) is 11.2. The number of nitrogens with two attached hydrogens (primary N) is 1. The Kier molecular flexibility index (Phi) is 2.75. The Morgan fingerprint density at radius 2 is 2.04 bits per heavy atom. The number of nitrogens with one attached hydrogen (secondary N) is 1. The van der Waals surface area contributed by atoms with Gasteiger partial charge in [0, 0.05) is 5.39 Å². The van der Waals surface area contributed by atoms with E-state index in [2.05, 4.69) is 4.98 Å². The number of furan rings is 1. The molecule has 3 heterocycles. The summed E-state index contributed by atoms with van der Waals surface area (Å²) in [5.74, 6) is 0.126. The van der Waals surface area contributed by atoms with E-state index >= 15 is 0 Å². The van der Waals surface area contributed by atoms with E-state index in [1.54, 1.807) is 18.2 Å². The number of H-pyrrole nitrogens is 1. The fourth-order valence-electron chi connectivity index (χ4n) is 2.91. The van der Waals surface area contributed by atoms with Crippen LogP contribution in [0.3, 0.4) is 0 Å². The molecular formula is C17H11N3O3. The van der Waals surface area contributed by atoms with Crippen molar-refractivity contribution in [1.29, 1.82) is 5.26 Å². The first-order valence-electron chi connectivity index (χ1n) is 6.96. The Morgan fingerprint density at radius 3 is 2.78 bits per heavy atom. The van der Waals surface area contributed by atoms with Crippen molar-refractivity contribution in [3.05, 3.63) is 75.8 Å². The van der Waals surface area contributed by atoms with Gasteiger partial charge in [-0.3, -0.25) is 4.79 Å². The summed E-state index contributed by atoms with van der Waals surface area (Å²) in [6.45, 7) is 0. The number of benzene rings is 1. The topological polar surface area (TPSA) is 105 Å². The lowest BCUT2D eigenvalue weighted by molar-refractivity contribution is 0.386. The van der Waals surface area contributed by atoms with Crippen molar-refractivity contribution >= 4 is 10.9 Å². The Bertz CT molecular complexity index is 1040. The quantitative estimate of drug-likeness (QED) is 0.718. The van der Waals surface area contributed by atoms with E-state index in [0.29, 0.717) is 22.6 Å². The molecule has 6 nitrogen and oxygen atoms in total. The van der Waals surface area contributed by atoms with Crippen molar-refractivity contribution in [3.8, 4) is 11.8 Å². The summed E-state index contributed by atoms with van der Waals surface area (Å²) in [5.41, 5.74) is 6.72. The number of aromatic nitrogens is 1. The highest BCUT2D eigenvalue weighted by Crippen LogP contribution is 2.42. The van der Waals surface area contributed by atoms with Crippen molar-refractivity contribution in [2.75, 3.05) is 0 Å². The van der Waals surface area contributed by atoms with E-state index in [1.165, 1.54) is 6.26 Å². The average molecular weight is 305 g/mol. The standard InChI is InChI=1S/C17H11N3O3/c18-8-10-13(12-6-3-7-22-12)14-15(23-16(10)19)9-4-1-2-5-11(9)20-17(14)21/h1-7,13H,19H2,(H,20,21)/t13-/m1/s1. The molecule has 3 N–H and O–H groups in total. The SMILES string of the molecule is N#CC1=C(N)Oc2c(c(=O)[nH]c3ccccc23)[C@H]1c1ccco1. The molecule has 0 fully saturated rings. The molecule has 1 atom stereocenters. The smallest absolute Gasteiger partial charge is 0.256 e. The van der Waals surface area contributed by atoms with Crippen LogP contribution in [0.1, 0.15) is 17.2 Å². The molecule has 3 aromatic rings. The van der Waals surface area contributed by atoms with Gasteiger partial charge in [0.2, 0.25) is 5.88 Å². The normalized spacial score (nSPS) is 16.7. The molecule has 4 rings (SSSR count). The minimum absolute atomic E-state index is 0.0165. The molecule has 112 valence electrons. The van der Waals surface area contributed by atoms with Gasteiger partial charge in [-0.15, -0.1) is 0 Å². The summed E-state index contributed by atoms with van der Waals surface area (Å²) in [5, 5.41) is 10.2. The molecule has 1 aliphatic heterocycles. The average Bonchev–Trinajstić information content (AvgIpc) is 3.08. The first-order valence-corrected chi connectivity index (χ1v) is 6.96. The van der Waals surface area contributed by atoms with Crippen LogP contribution in [0.15, 0.2) is 63.3 Å². The summed E-state index contributed by atoms with van der Waals surface area (Å²) < 4.78 is 11.1. The minimum Gasteiger partial charge on any atom is -0.468 e. The molecule has 0 saturated carbocycles. The van der Waals surface area contributed by atoms with Crippen LogP contribution in [-0.4, -0.2) is 4.98 Å². The largest absolute Gasteiger partial charge is 0.468 e. The zero-order chi connectivity index (χ0) is 16.0. The highest BCUT2D eigenvalue weighted by molar-refractivity contribution is 5.87. The number of aromatic amines is 1. The summed E-state index contributed by atoms with van der Waals surface area (Å²) in [6, 6.07) is 12.7. The number of hydrogen-bond donors (Lipinski definition) is 2. The zero-order valence-corrected chi connectivity index (χ0v) is 11.9. The third-order valence-electron chi connectivity index (χ3n) is 3.91. The molecule has 0 saturated heterocycles. The number of fused-ring (bicyclic) bond motifs is 3. The molecule has 0 amide bonds. The molecule has 0 unspecified atom stereocenters. The van der Waals surface area contributed by atoms with Crippen molar-refractivity contribution < 1.29 is 9.15 Å². The van der Waals surface area contributed by atoms with Crippen molar-refractivity contribution in [3.63, 3.8) is 0 Å². The minimum atomic E-state index is -0.688. The Hall–Kier alpha value is -3.46. The molecule has 1 aromatic carbocycles. The molecule has 0 bridgehead atoms. The molecule has 23 heavy (non-hydrogen) atoms. The maximum absolute atomic E-state index is 12.6. The van der Waals surface area contributed by atoms with E-state index in [1.807, 2.05) is 24.3 Å². The van der Waals surface area contributed by atoms with Gasteiger partial charge in [-0.25, -0.2) is 0 Å². The lowest BCUT2D eigenvalue weighted by Crippen LogP contribution is -2.27. The van der Waals surface area contributed by atoms with E-state index in [-0.39, 0.29) is 17.0 Å². The fourth-order valence-corrected chi connectivity index (χ4v) is 2.91. The fraction of sp³-hybridized carbons (Fsp3) is 0.0588. The number of nitrogens with zero attached hydrogens (tertiary/aromatic N) is 1. The van der Waals surface area contributed by atoms with Crippen molar-refractivity contribution in [1.82, 2.24) is 4.98 Å².